The summed E-state index contributed by atoms with van der Waals surface area (Å²) >= 11 is 3.52. The molecule has 1 amide bonds. The third-order valence-corrected chi connectivity index (χ3v) is 5.10. The van der Waals surface area contributed by atoms with Gasteiger partial charge in [0.15, 0.2) is 0 Å². The maximum absolute atomic E-state index is 12.5. The smallest absolute Gasteiger partial charge is 0.228 e. The fourth-order valence-corrected chi connectivity index (χ4v) is 3.72. The Morgan fingerprint density at radius 1 is 1.15 bits per heavy atom. The zero-order chi connectivity index (χ0) is 18.1. The number of aromatic nitrogens is 1. The highest BCUT2D eigenvalue weighted by molar-refractivity contribution is 9.10. The van der Waals surface area contributed by atoms with Gasteiger partial charge in [0.05, 0.1) is 24.4 Å². The highest BCUT2D eigenvalue weighted by Gasteiger charge is 2.23. The van der Waals surface area contributed by atoms with Crippen molar-refractivity contribution < 1.29 is 9.53 Å². The minimum absolute atomic E-state index is 0. The number of rotatable bonds is 5. The molecule has 2 heterocycles. The van der Waals surface area contributed by atoms with Crippen molar-refractivity contribution >= 4 is 50.8 Å². The van der Waals surface area contributed by atoms with Gasteiger partial charge in [-0.25, -0.2) is 0 Å². The normalized spacial score (nSPS) is 12.6. The zero-order valence-electron chi connectivity index (χ0n) is 14.7. The van der Waals surface area contributed by atoms with Crippen LogP contribution in [-0.4, -0.2) is 24.0 Å². The van der Waals surface area contributed by atoms with Crippen LogP contribution in [0.25, 0.3) is 22.2 Å². The van der Waals surface area contributed by atoms with Gasteiger partial charge >= 0.3 is 0 Å². The van der Waals surface area contributed by atoms with Gasteiger partial charge in [-0.2, -0.15) is 0 Å². The van der Waals surface area contributed by atoms with Crippen LogP contribution < -0.4 is 15.8 Å². The second-order valence-electron chi connectivity index (χ2n) is 6.45. The number of nitrogens with one attached hydrogen (secondary N) is 2. The number of unbranched alkanes of at least 4 members (excludes halogenated alkanes) is 1. The molecular weight excluding hydrogens is 430 g/mol. The molecule has 1 aliphatic heterocycles. The van der Waals surface area contributed by atoms with E-state index >= 15 is 0 Å². The molecule has 0 saturated carbocycles. The molecule has 1 aromatic heterocycles. The van der Waals surface area contributed by atoms with Gasteiger partial charge in [-0.05, 0) is 55.3 Å². The van der Waals surface area contributed by atoms with Gasteiger partial charge in [0.1, 0.15) is 5.75 Å². The Kier molecular flexibility index (Phi) is 6.09. The second kappa shape index (κ2) is 8.33. The van der Waals surface area contributed by atoms with Crippen LogP contribution in [0.3, 0.4) is 0 Å². The van der Waals surface area contributed by atoms with Crippen molar-refractivity contribution in [2.45, 2.75) is 19.3 Å². The van der Waals surface area contributed by atoms with Gasteiger partial charge in [0.2, 0.25) is 5.91 Å². The zero-order valence-corrected chi connectivity index (χ0v) is 17.1. The van der Waals surface area contributed by atoms with Crippen LogP contribution in [-0.2, 0) is 11.2 Å². The van der Waals surface area contributed by atoms with E-state index in [9.17, 15) is 4.79 Å². The van der Waals surface area contributed by atoms with Crippen molar-refractivity contribution in [2.75, 3.05) is 18.5 Å². The Morgan fingerprint density at radius 2 is 2.00 bits per heavy atom. The lowest BCUT2D eigenvalue weighted by Crippen LogP contribution is -2.12. The molecule has 0 fully saturated rings. The molecule has 0 aliphatic carbocycles. The topological polar surface area (TPSA) is 80.1 Å². The minimum Gasteiger partial charge on any atom is -0.494 e. The van der Waals surface area contributed by atoms with Gasteiger partial charge in [0, 0.05) is 27.0 Å². The lowest BCUT2D eigenvalue weighted by atomic mass is 10.0. The minimum atomic E-state index is -0.0221. The van der Waals surface area contributed by atoms with E-state index in [1.807, 2.05) is 30.3 Å². The number of hydrogen-bond donors (Lipinski definition) is 3. The molecule has 0 unspecified atom stereocenters. The Morgan fingerprint density at radius 3 is 2.81 bits per heavy atom. The number of H-pyrrole nitrogens is 1. The summed E-state index contributed by atoms with van der Waals surface area (Å²) in [6.45, 7) is 1.29. The molecule has 4 N–H and O–H groups in total. The number of amides is 1. The molecule has 2 aromatic carbocycles. The maximum atomic E-state index is 12.5. The van der Waals surface area contributed by atoms with Gasteiger partial charge in [0.25, 0.3) is 0 Å². The van der Waals surface area contributed by atoms with Crippen molar-refractivity contribution in [1.29, 1.82) is 0 Å². The van der Waals surface area contributed by atoms with Crippen molar-refractivity contribution in [3.8, 4) is 17.0 Å². The molecule has 4 rings (SSSR count). The number of carbonyl (C=O) groups is 1. The molecule has 3 aromatic rings. The molecule has 0 bridgehead atoms. The number of carbonyl (C=O) groups excluding carboxylic acids is 1. The first kappa shape index (κ1) is 19.7. The van der Waals surface area contributed by atoms with Crippen LogP contribution in [0, 0.1) is 0 Å². The van der Waals surface area contributed by atoms with Crippen molar-refractivity contribution in [3.05, 3.63) is 46.4 Å². The third-order valence-electron chi connectivity index (χ3n) is 4.61. The van der Waals surface area contributed by atoms with E-state index in [0.717, 1.165) is 56.5 Å². The highest BCUT2D eigenvalue weighted by atomic mass is 79.9. The third kappa shape index (κ3) is 3.98. The molecule has 0 saturated heterocycles. The van der Waals surface area contributed by atoms with E-state index < -0.39 is 0 Å². The number of benzene rings is 2. The van der Waals surface area contributed by atoms with E-state index in [4.69, 9.17) is 10.5 Å². The van der Waals surface area contributed by atoms with Gasteiger partial charge in [-0.1, -0.05) is 15.9 Å². The predicted octanol–water partition coefficient (Wildman–Crippen LogP) is 4.63. The van der Waals surface area contributed by atoms with Crippen molar-refractivity contribution in [1.82, 2.24) is 4.98 Å². The molecule has 7 heteroatoms. The first-order valence-electron chi connectivity index (χ1n) is 8.73. The SMILES string of the molecule is Cl.NCCCCOc1ccc2c(c1)NC(=O)Cc1c-2[nH]c2ccc(Br)cc12. The summed E-state index contributed by atoms with van der Waals surface area (Å²) in [4.78, 5) is 15.9. The fraction of sp³-hybridized carbons (Fsp3) is 0.250. The molecule has 142 valence electrons. The Labute approximate surface area is 172 Å². The highest BCUT2D eigenvalue weighted by Crippen LogP contribution is 2.39. The summed E-state index contributed by atoms with van der Waals surface area (Å²) in [5.74, 6) is 0.731. The number of halogens is 2. The lowest BCUT2D eigenvalue weighted by Gasteiger charge is -2.11. The summed E-state index contributed by atoms with van der Waals surface area (Å²) < 4.78 is 6.79. The quantitative estimate of drug-likeness (QED) is 0.496. The number of ether oxygens (including phenoxy) is 1. The average molecular weight is 451 g/mol. The predicted molar refractivity (Wildman–Crippen MR) is 115 cm³/mol. The van der Waals surface area contributed by atoms with Gasteiger partial charge in [-0.15, -0.1) is 12.4 Å². The van der Waals surface area contributed by atoms with Crippen LogP contribution >= 0.6 is 28.3 Å². The fourth-order valence-electron chi connectivity index (χ4n) is 3.36. The molecular formula is C20H21BrClN3O2. The summed E-state index contributed by atoms with van der Waals surface area (Å²) in [6, 6.07) is 11.9. The van der Waals surface area contributed by atoms with Crippen LogP contribution in [0.4, 0.5) is 5.69 Å². The Balaban J connectivity index is 0.00000210. The molecule has 0 radical (unpaired) electrons. The average Bonchev–Trinajstić information content (AvgIpc) is 2.89. The monoisotopic (exact) mass is 449 g/mol. The summed E-state index contributed by atoms with van der Waals surface area (Å²) in [7, 11) is 0. The summed E-state index contributed by atoms with van der Waals surface area (Å²) in [5, 5.41) is 4.08. The van der Waals surface area contributed by atoms with Gasteiger partial charge in [-0.3, -0.25) is 4.79 Å². The largest absolute Gasteiger partial charge is 0.494 e. The van der Waals surface area contributed by atoms with Crippen molar-refractivity contribution in [3.63, 3.8) is 0 Å². The van der Waals surface area contributed by atoms with E-state index in [-0.39, 0.29) is 18.3 Å². The summed E-state index contributed by atoms with van der Waals surface area (Å²) in [5.41, 5.74) is 10.3. The van der Waals surface area contributed by atoms with E-state index in [1.54, 1.807) is 0 Å². The maximum Gasteiger partial charge on any atom is 0.228 e. The van der Waals surface area contributed by atoms with Crippen LogP contribution in [0.5, 0.6) is 5.75 Å². The van der Waals surface area contributed by atoms with E-state index in [2.05, 4.69) is 32.3 Å². The Hall–Kier alpha value is -2.02. The molecule has 1 aliphatic rings. The number of anilines is 1. The van der Waals surface area contributed by atoms with E-state index in [1.165, 1.54) is 0 Å². The number of nitrogens with two attached hydrogens (primary N) is 1. The standard InChI is InChI=1S/C20H20BrN3O2.ClH/c21-12-3-6-17-15(9-12)16-11-19(25)23-18-10-13(26-8-2-1-7-22)4-5-14(18)20(16)24-17;/h3-6,9-10,24H,1-2,7-8,11,22H2,(H,23,25);1H. The first-order valence-corrected chi connectivity index (χ1v) is 9.52. The number of hydrogen-bond acceptors (Lipinski definition) is 3. The molecule has 0 atom stereocenters. The molecule has 5 nitrogen and oxygen atoms in total. The number of fused-ring (bicyclic) bond motifs is 5. The lowest BCUT2D eigenvalue weighted by molar-refractivity contribution is -0.115. The van der Waals surface area contributed by atoms with Crippen LogP contribution in [0.15, 0.2) is 40.9 Å². The Bertz CT molecular complexity index is 987. The first-order chi connectivity index (χ1) is 12.7. The van der Waals surface area contributed by atoms with Gasteiger partial charge < -0.3 is 20.8 Å². The van der Waals surface area contributed by atoms with Crippen LogP contribution in [0.1, 0.15) is 18.4 Å². The number of aromatic amines is 1. The van der Waals surface area contributed by atoms with E-state index in [0.29, 0.717) is 19.6 Å². The van der Waals surface area contributed by atoms with Crippen LogP contribution in [0.2, 0.25) is 0 Å². The second-order valence-corrected chi connectivity index (χ2v) is 7.36. The summed E-state index contributed by atoms with van der Waals surface area (Å²) in [6.07, 6.45) is 2.20. The molecule has 27 heavy (non-hydrogen) atoms. The molecule has 0 spiro atoms. The van der Waals surface area contributed by atoms with Crippen molar-refractivity contribution in [2.24, 2.45) is 5.73 Å².